The number of benzene rings is 1. The van der Waals surface area contributed by atoms with E-state index in [2.05, 4.69) is 53.3 Å². The normalized spacial score (nSPS) is 17.1. The van der Waals surface area contributed by atoms with Gasteiger partial charge in [0.1, 0.15) is 5.75 Å². The van der Waals surface area contributed by atoms with E-state index in [0.717, 1.165) is 29.9 Å². The third-order valence-corrected chi connectivity index (χ3v) is 4.18. The van der Waals surface area contributed by atoms with Gasteiger partial charge in [-0.1, -0.05) is 19.9 Å². The van der Waals surface area contributed by atoms with Crippen molar-refractivity contribution in [2.24, 2.45) is 5.92 Å². The maximum atomic E-state index is 5.94. The van der Waals surface area contributed by atoms with Crippen LogP contribution < -0.4 is 10.1 Å². The van der Waals surface area contributed by atoms with Gasteiger partial charge in [0, 0.05) is 0 Å². The van der Waals surface area contributed by atoms with Gasteiger partial charge in [0.25, 0.3) is 0 Å². The molecular weight excluding hydrogens is 290 g/mol. The van der Waals surface area contributed by atoms with E-state index in [0.29, 0.717) is 11.8 Å². The molecule has 2 nitrogen and oxygen atoms in total. The van der Waals surface area contributed by atoms with Gasteiger partial charge in [-0.05, 0) is 71.4 Å². The number of nitrogens with one attached hydrogen (secondary N) is 1. The maximum Gasteiger partial charge on any atom is 0.133 e. The fraction of sp³-hybridized carbons (Fsp3) is 0.600. The summed E-state index contributed by atoms with van der Waals surface area (Å²) in [7, 11) is 0. The quantitative estimate of drug-likeness (QED) is 0.909. The minimum absolute atomic E-state index is 0.555. The highest BCUT2D eigenvalue weighted by Crippen LogP contribution is 2.29. The average Bonchev–Trinajstić information content (AvgIpc) is 2.38. The van der Waals surface area contributed by atoms with Gasteiger partial charge in [0.15, 0.2) is 0 Å². The first-order valence-electron chi connectivity index (χ1n) is 6.80. The molecule has 0 aliphatic carbocycles. The summed E-state index contributed by atoms with van der Waals surface area (Å²) in [6, 6.07) is 6.41. The second-order valence-electron chi connectivity index (χ2n) is 5.35. The zero-order valence-electron chi connectivity index (χ0n) is 11.2. The van der Waals surface area contributed by atoms with E-state index in [-0.39, 0.29) is 0 Å². The highest BCUT2D eigenvalue weighted by Gasteiger charge is 2.14. The van der Waals surface area contributed by atoms with Crippen LogP contribution >= 0.6 is 15.9 Å². The van der Waals surface area contributed by atoms with Crippen LogP contribution in [-0.4, -0.2) is 19.7 Å². The molecule has 1 aromatic rings. The topological polar surface area (TPSA) is 21.3 Å². The number of halogens is 1. The lowest BCUT2D eigenvalue weighted by molar-refractivity contribution is 0.214. The van der Waals surface area contributed by atoms with E-state index >= 15 is 0 Å². The van der Waals surface area contributed by atoms with Crippen molar-refractivity contribution < 1.29 is 4.74 Å². The monoisotopic (exact) mass is 311 g/mol. The lowest BCUT2D eigenvalue weighted by Gasteiger charge is -2.23. The van der Waals surface area contributed by atoms with Crippen LogP contribution in [0.1, 0.15) is 38.2 Å². The Morgan fingerprint density at radius 1 is 1.33 bits per heavy atom. The van der Waals surface area contributed by atoms with Gasteiger partial charge in [-0.25, -0.2) is 0 Å². The summed E-state index contributed by atoms with van der Waals surface area (Å²) in [6.45, 7) is 7.50. The Balaban J connectivity index is 1.92. The highest BCUT2D eigenvalue weighted by molar-refractivity contribution is 9.10. The van der Waals surface area contributed by atoms with Crippen molar-refractivity contribution in [3.63, 3.8) is 0 Å². The lowest BCUT2D eigenvalue weighted by atomic mass is 9.99. The van der Waals surface area contributed by atoms with E-state index in [1.807, 2.05) is 0 Å². The summed E-state index contributed by atoms with van der Waals surface area (Å²) in [5.74, 6) is 2.22. The molecule has 2 rings (SSSR count). The Morgan fingerprint density at radius 2 is 2.06 bits per heavy atom. The van der Waals surface area contributed by atoms with Crippen LogP contribution in [0.2, 0.25) is 0 Å². The van der Waals surface area contributed by atoms with Crippen LogP contribution in [0, 0.1) is 5.92 Å². The summed E-state index contributed by atoms with van der Waals surface area (Å²) in [5, 5.41) is 3.38. The van der Waals surface area contributed by atoms with E-state index in [1.54, 1.807) is 0 Å². The van der Waals surface area contributed by atoms with Gasteiger partial charge in [-0.3, -0.25) is 0 Å². The Kier molecular flexibility index (Phi) is 5.07. The van der Waals surface area contributed by atoms with E-state index in [9.17, 15) is 0 Å². The van der Waals surface area contributed by atoms with Crippen molar-refractivity contribution in [2.75, 3.05) is 19.7 Å². The predicted octanol–water partition coefficient (Wildman–Crippen LogP) is 3.95. The molecule has 1 aliphatic heterocycles. The molecule has 1 fully saturated rings. The van der Waals surface area contributed by atoms with Gasteiger partial charge >= 0.3 is 0 Å². The molecule has 0 unspecified atom stereocenters. The van der Waals surface area contributed by atoms with Gasteiger partial charge in [0.05, 0.1) is 11.1 Å². The number of hydrogen-bond donors (Lipinski definition) is 1. The molecule has 1 N–H and O–H groups in total. The summed E-state index contributed by atoms with van der Waals surface area (Å²) < 4.78 is 7.01. The minimum Gasteiger partial charge on any atom is -0.492 e. The first-order chi connectivity index (χ1) is 8.66. The fourth-order valence-corrected chi connectivity index (χ4v) is 2.76. The molecule has 3 heteroatoms. The maximum absolute atomic E-state index is 5.94. The molecule has 0 radical (unpaired) electrons. The third kappa shape index (κ3) is 3.72. The van der Waals surface area contributed by atoms with Crippen LogP contribution in [0.3, 0.4) is 0 Å². The van der Waals surface area contributed by atoms with Gasteiger partial charge in [-0.2, -0.15) is 0 Å². The predicted molar refractivity (Wildman–Crippen MR) is 79.3 cm³/mol. The van der Waals surface area contributed by atoms with Crippen molar-refractivity contribution in [3.8, 4) is 5.75 Å². The van der Waals surface area contributed by atoms with Crippen LogP contribution in [0.25, 0.3) is 0 Å². The molecule has 0 aromatic heterocycles. The molecule has 100 valence electrons. The number of hydrogen-bond acceptors (Lipinski definition) is 2. The molecule has 1 heterocycles. The van der Waals surface area contributed by atoms with Crippen molar-refractivity contribution in [3.05, 3.63) is 28.2 Å². The van der Waals surface area contributed by atoms with Crippen LogP contribution in [-0.2, 0) is 0 Å². The second kappa shape index (κ2) is 6.58. The summed E-state index contributed by atoms with van der Waals surface area (Å²) in [4.78, 5) is 0. The highest BCUT2D eigenvalue weighted by atomic mass is 79.9. The first kappa shape index (κ1) is 13.9. The summed E-state index contributed by atoms with van der Waals surface area (Å²) in [5.41, 5.74) is 1.34. The van der Waals surface area contributed by atoms with Crippen LogP contribution in [0.5, 0.6) is 5.75 Å². The van der Waals surface area contributed by atoms with Gasteiger partial charge < -0.3 is 10.1 Å². The molecule has 0 amide bonds. The summed E-state index contributed by atoms with van der Waals surface area (Å²) >= 11 is 3.60. The number of piperidine rings is 1. The minimum atomic E-state index is 0.555. The van der Waals surface area contributed by atoms with Crippen molar-refractivity contribution >= 4 is 15.9 Å². The van der Waals surface area contributed by atoms with E-state index in [1.165, 1.54) is 18.4 Å². The molecule has 0 saturated carbocycles. The Labute approximate surface area is 118 Å². The van der Waals surface area contributed by atoms with Crippen molar-refractivity contribution in [2.45, 2.75) is 32.6 Å². The molecule has 0 atom stereocenters. The molecule has 0 spiro atoms. The van der Waals surface area contributed by atoms with E-state index < -0.39 is 0 Å². The number of ether oxygens (including phenoxy) is 1. The largest absolute Gasteiger partial charge is 0.492 e. The smallest absolute Gasteiger partial charge is 0.133 e. The SMILES string of the molecule is CC(C)c1ccc(OCC2CCNCC2)c(Br)c1. The summed E-state index contributed by atoms with van der Waals surface area (Å²) in [6.07, 6.45) is 2.45. The van der Waals surface area contributed by atoms with Gasteiger partial charge in [-0.15, -0.1) is 0 Å². The standard InChI is InChI=1S/C15H22BrNO/c1-11(2)13-3-4-15(14(16)9-13)18-10-12-5-7-17-8-6-12/h3-4,9,11-12,17H,5-8,10H2,1-2H3. The first-order valence-corrected chi connectivity index (χ1v) is 7.59. The zero-order valence-corrected chi connectivity index (χ0v) is 12.8. The Hall–Kier alpha value is -0.540. The fourth-order valence-electron chi connectivity index (χ4n) is 2.25. The third-order valence-electron chi connectivity index (χ3n) is 3.56. The van der Waals surface area contributed by atoms with Crippen LogP contribution in [0.4, 0.5) is 0 Å². The van der Waals surface area contributed by atoms with Crippen molar-refractivity contribution in [1.82, 2.24) is 5.32 Å². The zero-order chi connectivity index (χ0) is 13.0. The Bertz CT molecular complexity index is 386. The second-order valence-corrected chi connectivity index (χ2v) is 6.20. The molecular formula is C15H22BrNO. The molecule has 1 saturated heterocycles. The Morgan fingerprint density at radius 3 is 2.67 bits per heavy atom. The molecule has 18 heavy (non-hydrogen) atoms. The molecule has 1 aliphatic rings. The van der Waals surface area contributed by atoms with E-state index in [4.69, 9.17) is 4.74 Å². The van der Waals surface area contributed by atoms with Crippen molar-refractivity contribution in [1.29, 1.82) is 0 Å². The molecule has 0 bridgehead atoms. The lowest BCUT2D eigenvalue weighted by Crippen LogP contribution is -2.30. The van der Waals surface area contributed by atoms with Gasteiger partial charge in [0.2, 0.25) is 0 Å². The number of rotatable bonds is 4. The molecule has 1 aromatic carbocycles. The van der Waals surface area contributed by atoms with Crippen LogP contribution in [0.15, 0.2) is 22.7 Å². The average molecular weight is 312 g/mol.